The summed E-state index contributed by atoms with van der Waals surface area (Å²) in [7, 11) is 0. The lowest BCUT2D eigenvalue weighted by Crippen LogP contribution is -2.36. The SMILES string of the molecule is CCCCN(C(=O)C1CC2CC2C1)c1ccccc1. The molecule has 2 unspecified atom stereocenters. The summed E-state index contributed by atoms with van der Waals surface area (Å²) in [6, 6.07) is 10.2. The van der Waals surface area contributed by atoms with Gasteiger partial charge in [0.15, 0.2) is 0 Å². The largest absolute Gasteiger partial charge is 0.312 e. The zero-order valence-electron chi connectivity index (χ0n) is 11.7. The molecule has 102 valence electrons. The Labute approximate surface area is 115 Å². The van der Waals surface area contributed by atoms with Crippen LogP contribution in [0.5, 0.6) is 0 Å². The van der Waals surface area contributed by atoms with Gasteiger partial charge in [-0.15, -0.1) is 0 Å². The van der Waals surface area contributed by atoms with Gasteiger partial charge in [-0.2, -0.15) is 0 Å². The van der Waals surface area contributed by atoms with E-state index in [9.17, 15) is 4.79 Å². The molecule has 2 aliphatic carbocycles. The predicted octanol–water partition coefficient (Wildman–Crippen LogP) is 3.87. The van der Waals surface area contributed by atoms with Crippen molar-refractivity contribution in [1.82, 2.24) is 0 Å². The Kier molecular flexibility index (Phi) is 3.58. The van der Waals surface area contributed by atoms with E-state index in [0.29, 0.717) is 11.8 Å². The zero-order valence-corrected chi connectivity index (χ0v) is 11.7. The van der Waals surface area contributed by atoms with Crippen molar-refractivity contribution in [3.63, 3.8) is 0 Å². The average molecular weight is 257 g/mol. The second kappa shape index (κ2) is 5.36. The minimum Gasteiger partial charge on any atom is -0.312 e. The van der Waals surface area contributed by atoms with Gasteiger partial charge in [-0.3, -0.25) is 4.79 Å². The molecule has 0 saturated heterocycles. The first kappa shape index (κ1) is 12.7. The number of benzene rings is 1. The summed E-state index contributed by atoms with van der Waals surface area (Å²) in [4.78, 5) is 14.8. The molecule has 2 nitrogen and oxygen atoms in total. The molecular weight excluding hydrogens is 234 g/mol. The predicted molar refractivity (Wildman–Crippen MR) is 78.0 cm³/mol. The number of fused-ring (bicyclic) bond motifs is 1. The van der Waals surface area contributed by atoms with Crippen molar-refractivity contribution in [3.8, 4) is 0 Å². The van der Waals surface area contributed by atoms with Crippen LogP contribution in [0.1, 0.15) is 39.0 Å². The normalized spacial score (nSPS) is 27.9. The number of unbranched alkanes of at least 4 members (excludes halogenated alkanes) is 1. The fraction of sp³-hybridized carbons (Fsp3) is 0.588. The smallest absolute Gasteiger partial charge is 0.230 e. The number of nitrogens with zero attached hydrogens (tertiary/aromatic N) is 1. The van der Waals surface area contributed by atoms with E-state index in [-0.39, 0.29) is 0 Å². The Morgan fingerprint density at radius 2 is 1.84 bits per heavy atom. The van der Waals surface area contributed by atoms with E-state index < -0.39 is 0 Å². The van der Waals surface area contributed by atoms with E-state index in [0.717, 1.165) is 49.8 Å². The van der Waals surface area contributed by atoms with Crippen LogP contribution in [0.15, 0.2) is 30.3 Å². The Morgan fingerprint density at radius 3 is 2.47 bits per heavy atom. The van der Waals surface area contributed by atoms with Crippen LogP contribution in [-0.2, 0) is 4.79 Å². The highest BCUT2D eigenvalue weighted by Crippen LogP contribution is 2.54. The van der Waals surface area contributed by atoms with Gasteiger partial charge in [0.25, 0.3) is 0 Å². The molecule has 0 bridgehead atoms. The van der Waals surface area contributed by atoms with E-state index in [1.54, 1.807) is 0 Å². The summed E-state index contributed by atoms with van der Waals surface area (Å²) < 4.78 is 0. The maximum atomic E-state index is 12.7. The molecule has 2 heteroatoms. The maximum Gasteiger partial charge on any atom is 0.230 e. The first-order chi connectivity index (χ1) is 9.29. The van der Waals surface area contributed by atoms with Gasteiger partial charge in [0.05, 0.1) is 0 Å². The van der Waals surface area contributed by atoms with Crippen LogP contribution < -0.4 is 4.90 Å². The van der Waals surface area contributed by atoms with Crippen LogP contribution >= 0.6 is 0 Å². The number of rotatable bonds is 5. The minimum absolute atomic E-state index is 0.292. The Balaban J connectivity index is 1.72. The summed E-state index contributed by atoms with van der Waals surface area (Å²) in [5.41, 5.74) is 1.07. The zero-order chi connectivity index (χ0) is 13.2. The summed E-state index contributed by atoms with van der Waals surface area (Å²) >= 11 is 0. The Hall–Kier alpha value is -1.31. The molecule has 2 saturated carbocycles. The summed E-state index contributed by atoms with van der Waals surface area (Å²) in [5.74, 6) is 2.41. The second-order valence-corrected chi connectivity index (χ2v) is 6.10. The minimum atomic E-state index is 0.292. The average Bonchev–Trinajstić information content (AvgIpc) is 3.06. The van der Waals surface area contributed by atoms with E-state index >= 15 is 0 Å². The van der Waals surface area contributed by atoms with Crippen molar-refractivity contribution in [1.29, 1.82) is 0 Å². The highest BCUT2D eigenvalue weighted by molar-refractivity contribution is 5.95. The molecule has 0 aliphatic heterocycles. The number of amides is 1. The molecule has 1 aromatic rings. The number of hydrogen-bond donors (Lipinski definition) is 0. The van der Waals surface area contributed by atoms with Crippen LogP contribution in [0.4, 0.5) is 5.69 Å². The van der Waals surface area contributed by atoms with Crippen LogP contribution in [0.25, 0.3) is 0 Å². The van der Waals surface area contributed by atoms with Crippen molar-refractivity contribution in [2.24, 2.45) is 17.8 Å². The van der Waals surface area contributed by atoms with Gasteiger partial charge in [-0.25, -0.2) is 0 Å². The maximum absolute atomic E-state index is 12.7. The molecule has 2 fully saturated rings. The molecule has 0 heterocycles. The van der Waals surface area contributed by atoms with Crippen LogP contribution in [0.2, 0.25) is 0 Å². The van der Waals surface area contributed by atoms with Crippen molar-refractivity contribution in [2.45, 2.75) is 39.0 Å². The first-order valence-corrected chi connectivity index (χ1v) is 7.66. The third-order valence-corrected chi connectivity index (χ3v) is 4.66. The van der Waals surface area contributed by atoms with Crippen molar-refractivity contribution in [2.75, 3.05) is 11.4 Å². The number of carbonyl (C=O) groups is 1. The van der Waals surface area contributed by atoms with Gasteiger partial charge in [-0.1, -0.05) is 31.5 Å². The number of carbonyl (C=O) groups excluding carboxylic acids is 1. The lowest BCUT2D eigenvalue weighted by molar-refractivity contribution is -0.122. The van der Waals surface area contributed by atoms with Crippen molar-refractivity contribution >= 4 is 11.6 Å². The molecule has 0 radical (unpaired) electrons. The van der Waals surface area contributed by atoms with E-state index in [2.05, 4.69) is 19.1 Å². The van der Waals surface area contributed by atoms with Crippen LogP contribution in [-0.4, -0.2) is 12.5 Å². The number of hydrogen-bond acceptors (Lipinski definition) is 1. The summed E-state index contributed by atoms with van der Waals surface area (Å²) in [6.45, 7) is 3.05. The molecule has 2 atom stereocenters. The van der Waals surface area contributed by atoms with Crippen LogP contribution in [0, 0.1) is 17.8 Å². The molecule has 2 aliphatic rings. The molecular formula is C17H23NO. The van der Waals surface area contributed by atoms with Gasteiger partial charge in [0, 0.05) is 18.2 Å². The molecule has 19 heavy (non-hydrogen) atoms. The standard InChI is InChI=1S/C17H23NO/c1-2-3-9-18(16-7-5-4-6-8-16)17(19)15-11-13-10-14(13)12-15/h4-8,13-15H,2-3,9-12H2,1H3. The van der Waals surface area contributed by atoms with Gasteiger partial charge in [0.2, 0.25) is 5.91 Å². The topological polar surface area (TPSA) is 20.3 Å². The lowest BCUT2D eigenvalue weighted by Gasteiger charge is -2.26. The Bertz CT molecular complexity index is 432. The van der Waals surface area contributed by atoms with E-state index in [1.165, 1.54) is 6.42 Å². The third-order valence-electron chi connectivity index (χ3n) is 4.66. The molecule has 3 rings (SSSR count). The number of anilines is 1. The summed E-state index contributed by atoms with van der Waals surface area (Å²) in [5, 5.41) is 0. The first-order valence-electron chi connectivity index (χ1n) is 7.66. The van der Waals surface area contributed by atoms with Gasteiger partial charge in [-0.05, 0) is 49.7 Å². The fourth-order valence-corrected chi connectivity index (χ4v) is 3.43. The molecule has 1 aromatic carbocycles. The van der Waals surface area contributed by atoms with E-state index in [4.69, 9.17) is 0 Å². The highest BCUT2D eigenvalue weighted by Gasteiger charge is 2.48. The molecule has 0 spiro atoms. The fourth-order valence-electron chi connectivity index (χ4n) is 3.43. The van der Waals surface area contributed by atoms with Gasteiger partial charge >= 0.3 is 0 Å². The van der Waals surface area contributed by atoms with Crippen molar-refractivity contribution < 1.29 is 4.79 Å². The number of para-hydroxylation sites is 1. The molecule has 0 aromatic heterocycles. The second-order valence-electron chi connectivity index (χ2n) is 6.10. The highest BCUT2D eigenvalue weighted by atomic mass is 16.2. The lowest BCUT2D eigenvalue weighted by atomic mass is 10.0. The monoisotopic (exact) mass is 257 g/mol. The van der Waals surface area contributed by atoms with Gasteiger partial charge in [0.1, 0.15) is 0 Å². The molecule has 1 amide bonds. The quantitative estimate of drug-likeness (QED) is 0.784. The van der Waals surface area contributed by atoms with Crippen LogP contribution in [0.3, 0.4) is 0 Å². The van der Waals surface area contributed by atoms with E-state index in [1.807, 2.05) is 23.1 Å². The molecule has 0 N–H and O–H groups in total. The Morgan fingerprint density at radius 1 is 1.16 bits per heavy atom. The summed E-state index contributed by atoms with van der Waals surface area (Å²) in [6.07, 6.45) is 5.87. The third kappa shape index (κ3) is 2.68. The van der Waals surface area contributed by atoms with Gasteiger partial charge < -0.3 is 4.90 Å². The van der Waals surface area contributed by atoms with Crippen molar-refractivity contribution in [3.05, 3.63) is 30.3 Å².